The van der Waals surface area contributed by atoms with E-state index in [4.69, 9.17) is 0 Å². The van der Waals surface area contributed by atoms with Gasteiger partial charge in [-0.3, -0.25) is 0 Å². The maximum Gasteiger partial charge on any atom is 0.348 e. The zero-order chi connectivity index (χ0) is 7.56. The molecule has 3 heteroatoms. The predicted molar refractivity (Wildman–Crippen MR) is 39.2 cm³/mol. The lowest BCUT2D eigenvalue weighted by Gasteiger charge is -1.90. The van der Waals surface area contributed by atoms with E-state index in [-0.39, 0.29) is 5.97 Å². The molecule has 0 fully saturated rings. The predicted octanol–water partition coefficient (Wildman–Crippen LogP) is 1.64. The van der Waals surface area contributed by atoms with Crippen LogP contribution in [0.1, 0.15) is 15.2 Å². The fraction of sp³-hybridized carbons (Fsp3) is 0.286. The van der Waals surface area contributed by atoms with Gasteiger partial charge in [0.05, 0.1) is 7.11 Å². The van der Waals surface area contributed by atoms with E-state index in [0.717, 1.165) is 5.56 Å². The second-order valence-corrected chi connectivity index (χ2v) is 2.74. The Labute approximate surface area is 63.4 Å². The first-order valence-electron chi connectivity index (χ1n) is 2.80. The van der Waals surface area contributed by atoms with E-state index in [1.54, 1.807) is 6.07 Å². The molecule has 1 radical (unpaired) electrons. The van der Waals surface area contributed by atoms with Crippen molar-refractivity contribution in [1.82, 2.24) is 0 Å². The van der Waals surface area contributed by atoms with Gasteiger partial charge in [0.1, 0.15) is 4.88 Å². The van der Waals surface area contributed by atoms with Crippen molar-refractivity contribution in [3.63, 3.8) is 0 Å². The first-order chi connectivity index (χ1) is 4.74. The lowest BCUT2D eigenvalue weighted by Crippen LogP contribution is -1.96. The molecule has 1 aromatic rings. The first-order valence-corrected chi connectivity index (χ1v) is 3.62. The van der Waals surface area contributed by atoms with E-state index < -0.39 is 0 Å². The van der Waals surface area contributed by atoms with Gasteiger partial charge in [-0.15, -0.1) is 11.3 Å². The van der Waals surface area contributed by atoms with Gasteiger partial charge in [0.25, 0.3) is 0 Å². The molecule has 0 aromatic carbocycles. The van der Waals surface area contributed by atoms with Crippen LogP contribution in [0.25, 0.3) is 0 Å². The Morgan fingerprint density at radius 1 is 1.80 bits per heavy atom. The van der Waals surface area contributed by atoms with Crippen molar-refractivity contribution in [3.05, 3.63) is 21.9 Å². The van der Waals surface area contributed by atoms with Gasteiger partial charge in [-0.05, 0) is 18.6 Å². The van der Waals surface area contributed by atoms with Crippen molar-refractivity contribution in [2.45, 2.75) is 6.92 Å². The topological polar surface area (TPSA) is 26.3 Å². The smallest absolute Gasteiger partial charge is 0.348 e. The zero-order valence-corrected chi connectivity index (χ0v) is 6.62. The van der Waals surface area contributed by atoms with Crippen molar-refractivity contribution in [2.24, 2.45) is 0 Å². The molecule has 0 aliphatic heterocycles. The maximum absolute atomic E-state index is 10.8. The van der Waals surface area contributed by atoms with Crippen LogP contribution in [0.15, 0.2) is 6.07 Å². The van der Waals surface area contributed by atoms with Crippen LogP contribution in [0.5, 0.6) is 0 Å². The minimum Gasteiger partial charge on any atom is -0.465 e. The highest BCUT2D eigenvalue weighted by Crippen LogP contribution is 2.12. The van der Waals surface area contributed by atoms with E-state index >= 15 is 0 Å². The number of aryl methyl sites for hydroxylation is 1. The van der Waals surface area contributed by atoms with Crippen LogP contribution in [-0.2, 0) is 4.74 Å². The molecule has 1 heterocycles. The molecule has 0 N–H and O–H groups in total. The molecule has 0 spiro atoms. The standard InChI is InChI=1S/C7H7O2S/c1-5-3-6(10-4-5)7(8)9-2/h3H,1-2H3. The van der Waals surface area contributed by atoms with Crippen LogP contribution in [0.4, 0.5) is 0 Å². The average molecular weight is 155 g/mol. The molecule has 2 nitrogen and oxygen atoms in total. The highest BCUT2D eigenvalue weighted by molar-refractivity contribution is 7.11. The zero-order valence-electron chi connectivity index (χ0n) is 5.80. The molecule has 53 valence electrons. The second-order valence-electron chi connectivity index (χ2n) is 1.89. The lowest BCUT2D eigenvalue weighted by molar-refractivity contribution is 0.0606. The van der Waals surface area contributed by atoms with Crippen LogP contribution in [0.2, 0.25) is 0 Å². The first kappa shape index (κ1) is 7.28. The van der Waals surface area contributed by atoms with E-state index in [1.807, 2.05) is 6.92 Å². The average Bonchev–Trinajstić information content (AvgIpc) is 2.34. The van der Waals surface area contributed by atoms with Gasteiger partial charge >= 0.3 is 5.97 Å². The number of esters is 1. The highest BCUT2D eigenvalue weighted by atomic mass is 32.1. The third-order valence-corrected chi connectivity index (χ3v) is 1.98. The van der Waals surface area contributed by atoms with Crippen LogP contribution in [-0.4, -0.2) is 13.1 Å². The number of thiophene rings is 1. The molecular formula is C7H7O2S. The largest absolute Gasteiger partial charge is 0.465 e. The van der Waals surface area contributed by atoms with Crippen molar-refractivity contribution in [1.29, 1.82) is 0 Å². The molecule has 0 bridgehead atoms. The molecule has 1 aromatic heterocycles. The molecule has 0 atom stereocenters. The molecule has 0 unspecified atom stereocenters. The summed E-state index contributed by atoms with van der Waals surface area (Å²) in [5.74, 6) is -0.283. The fourth-order valence-corrected chi connectivity index (χ4v) is 1.32. The Bertz CT molecular complexity index is 240. The molecule has 0 saturated heterocycles. The van der Waals surface area contributed by atoms with Crippen LogP contribution < -0.4 is 0 Å². The van der Waals surface area contributed by atoms with Gasteiger partial charge in [0.15, 0.2) is 0 Å². The quantitative estimate of drug-likeness (QED) is 0.576. The van der Waals surface area contributed by atoms with E-state index in [9.17, 15) is 4.79 Å². The number of methoxy groups -OCH3 is 1. The van der Waals surface area contributed by atoms with Gasteiger partial charge < -0.3 is 4.74 Å². The number of rotatable bonds is 1. The van der Waals surface area contributed by atoms with Crippen molar-refractivity contribution >= 4 is 17.3 Å². The molecular weight excluding hydrogens is 148 g/mol. The summed E-state index contributed by atoms with van der Waals surface area (Å²) in [6.45, 7) is 1.89. The summed E-state index contributed by atoms with van der Waals surface area (Å²) in [5, 5.41) is 2.92. The Balaban J connectivity index is 2.85. The van der Waals surface area contributed by atoms with Crippen LogP contribution in [0, 0.1) is 12.3 Å². The number of carbonyl (C=O) groups is 1. The van der Waals surface area contributed by atoms with Crippen LogP contribution in [0.3, 0.4) is 0 Å². The molecule has 0 aliphatic carbocycles. The second kappa shape index (κ2) is 2.84. The van der Waals surface area contributed by atoms with E-state index in [2.05, 4.69) is 10.1 Å². The van der Waals surface area contributed by atoms with Gasteiger partial charge in [-0.25, -0.2) is 4.79 Å². The number of hydrogen-bond donors (Lipinski definition) is 0. The summed E-state index contributed by atoms with van der Waals surface area (Å²) >= 11 is 1.28. The van der Waals surface area contributed by atoms with E-state index in [0.29, 0.717) is 4.88 Å². The Kier molecular flexibility index (Phi) is 2.06. The van der Waals surface area contributed by atoms with Crippen molar-refractivity contribution in [2.75, 3.05) is 7.11 Å². The summed E-state index contributed by atoms with van der Waals surface area (Å²) in [5.41, 5.74) is 0.977. The van der Waals surface area contributed by atoms with Crippen molar-refractivity contribution < 1.29 is 9.53 Å². The van der Waals surface area contributed by atoms with E-state index in [1.165, 1.54) is 18.4 Å². The lowest BCUT2D eigenvalue weighted by atomic mass is 10.3. The summed E-state index contributed by atoms with van der Waals surface area (Å²) in [6.07, 6.45) is 0. The Morgan fingerprint density at radius 2 is 2.50 bits per heavy atom. The van der Waals surface area contributed by atoms with Gasteiger partial charge in [-0.2, -0.15) is 0 Å². The molecule has 0 aliphatic rings. The highest BCUT2D eigenvalue weighted by Gasteiger charge is 2.06. The summed E-state index contributed by atoms with van der Waals surface area (Å²) in [4.78, 5) is 11.4. The Morgan fingerprint density at radius 3 is 2.90 bits per heavy atom. The summed E-state index contributed by atoms with van der Waals surface area (Å²) in [7, 11) is 1.37. The normalized spacial score (nSPS) is 9.40. The molecule has 1 rings (SSSR count). The molecule has 0 saturated carbocycles. The minimum absolute atomic E-state index is 0.283. The maximum atomic E-state index is 10.8. The minimum atomic E-state index is -0.283. The fourth-order valence-electron chi connectivity index (χ4n) is 0.592. The monoisotopic (exact) mass is 155 g/mol. The van der Waals surface area contributed by atoms with Gasteiger partial charge in [-0.1, -0.05) is 0 Å². The summed E-state index contributed by atoms with van der Waals surface area (Å²) in [6, 6.07) is 1.76. The Hall–Kier alpha value is -0.830. The number of hydrogen-bond acceptors (Lipinski definition) is 3. The SMILES string of the molecule is COC(=O)c1cc(C)[c]s1. The number of carbonyl (C=O) groups excluding carboxylic acids is 1. The summed E-state index contributed by atoms with van der Waals surface area (Å²) < 4.78 is 4.50. The molecule has 10 heavy (non-hydrogen) atoms. The van der Waals surface area contributed by atoms with Gasteiger partial charge in [0.2, 0.25) is 0 Å². The van der Waals surface area contributed by atoms with Gasteiger partial charge in [0, 0.05) is 5.38 Å². The van der Waals surface area contributed by atoms with Crippen molar-refractivity contribution in [3.8, 4) is 0 Å². The third kappa shape index (κ3) is 1.36. The number of ether oxygens (including phenoxy) is 1. The van der Waals surface area contributed by atoms with Crippen LogP contribution >= 0.6 is 11.3 Å². The molecule has 0 amide bonds. The third-order valence-electron chi connectivity index (χ3n) is 1.06.